The van der Waals surface area contributed by atoms with E-state index in [-0.39, 0.29) is 29.9 Å². The van der Waals surface area contributed by atoms with Gasteiger partial charge in [0.1, 0.15) is 6.61 Å². The molecule has 2 fully saturated rings. The van der Waals surface area contributed by atoms with Gasteiger partial charge in [0, 0.05) is 37.9 Å². The van der Waals surface area contributed by atoms with Gasteiger partial charge in [-0.2, -0.15) is 13.2 Å². The average molecular weight is 469 g/mol. The number of hydrogen-bond acceptors (Lipinski definition) is 5. The summed E-state index contributed by atoms with van der Waals surface area (Å²) in [5.41, 5.74) is 0.708. The molecule has 3 aliphatic rings. The Morgan fingerprint density at radius 3 is 2.39 bits per heavy atom. The van der Waals surface area contributed by atoms with Crippen LogP contribution in [0, 0.1) is 5.92 Å². The molecule has 1 spiro atoms. The zero-order valence-electron chi connectivity index (χ0n) is 18.0. The molecule has 1 N–H and O–H groups in total. The number of alkyl halides is 3. The Kier molecular flexibility index (Phi) is 7.72. The van der Waals surface area contributed by atoms with E-state index in [9.17, 15) is 22.8 Å². The smallest absolute Gasteiger partial charge is 0.475 e. The number of allylic oxidation sites excluding steroid dienone is 2. The van der Waals surface area contributed by atoms with Crippen molar-refractivity contribution in [3.05, 3.63) is 42.2 Å². The van der Waals surface area contributed by atoms with E-state index in [1.54, 1.807) is 12.4 Å². The third-order valence-electron chi connectivity index (χ3n) is 6.02. The molecule has 1 aromatic rings. The second kappa shape index (κ2) is 10.3. The fraction of sp³-hybridized carbons (Fsp3) is 0.545. The molecule has 11 heteroatoms. The van der Waals surface area contributed by atoms with Crippen LogP contribution in [0.2, 0.25) is 0 Å². The number of amides is 2. The fourth-order valence-electron chi connectivity index (χ4n) is 4.16. The van der Waals surface area contributed by atoms with E-state index >= 15 is 0 Å². The zero-order valence-corrected chi connectivity index (χ0v) is 18.0. The van der Waals surface area contributed by atoms with Gasteiger partial charge in [0.05, 0.1) is 12.1 Å². The fourth-order valence-corrected chi connectivity index (χ4v) is 4.16. The number of carboxylic acids is 1. The van der Waals surface area contributed by atoms with Gasteiger partial charge >= 0.3 is 12.1 Å². The summed E-state index contributed by atoms with van der Waals surface area (Å²) < 4.78 is 37.7. The van der Waals surface area contributed by atoms with Crippen LogP contribution in [0.3, 0.4) is 0 Å². The molecule has 0 bridgehead atoms. The van der Waals surface area contributed by atoms with Gasteiger partial charge in [0.25, 0.3) is 0 Å². The molecule has 4 rings (SSSR count). The molecular weight excluding hydrogens is 443 g/mol. The number of likely N-dealkylation sites (tertiary alicyclic amines) is 1. The van der Waals surface area contributed by atoms with Crippen molar-refractivity contribution in [1.82, 2.24) is 14.8 Å². The van der Waals surface area contributed by atoms with E-state index in [2.05, 4.69) is 17.1 Å². The molecule has 0 radical (unpaired) electrons. The quantitative estimate of drug-likeness (QED) is 0.683. The van der Waals surface area contributed by atoms with Gasteiger partial charge in [-0.15, -0.1) is 0 Å². The van der Waals surface area contributed by atoms with Gasteiger partial charge in [0.15, 0.2) is 0 Å². The SMILES string of the molecule is O=C(O)C(F)(F)F.O=C1COC2(CCN(C(=O)C3CC=CC3)CC2)CN1Cc1cccnc1. The summed E-state index contributed by atoms with van der Waals surface area (Å²) in [4.78, 5) is 41.8. The molecule has 180 valence electrons. The standard InChI is InChI=1S/C20H25N3O3.C2HF3O2/c24-18-14-26-20(15-23(18)13-16-4-3-9-21-12-16)7-10-22(11-8-20)19(25)17-5-1-2-6-17;3-2(4,5)1(6)7/h1-4,9,12,17H,5-8,10-11,13-15H2;(H,6,7). The van der Waals surface area contributed by atoms with Crippen LogP contribution >= 0.6 is 0 Å². The zero-order chi connectivity index (χ0) is 24.1. The Hall–Kier alpha value is -2.95. The monoisotopic (exact) mass is 469 g/mol. The highest BCUT2D eigenvalue weighted by atomic mass is 19.4. The molecule has 2 aliphatic heterocycles. The van der Waals surface area contributed by atoms with Crippen molar-refractivity contribution in [3.8, 4) is 0 Å². The number of rotatable bonds is 3. The number of carbonyl (C=O) groups excluding carboxylic acids is 2. The number of hydrogen-bond donors (Lipinski definition) is 1. The Labute approximate surface area is 189 Å². The van der Waals surface area contributed by atoms with Crippen molar-refractivity contribution in [3.63, 3.8) is 0 Å². The topological polar surface area (TPSA) is 100 Å². The molecule has 8 nitrogen and oxygen atoms in total. The maximum absolute atomic E-state index is 12.6. The third-order valence-corrected chi connectivity index (χ3v) is 6.02. The number of carboxylic acid groups (broad SMARTS) is 1. The van der Waals surface area contributed by atoms with Crippen molar-refractivity contribution in [1.29, 1.82) is 0 Å². The predicted octanol–water partition coefficient (Wildman–Crippen LogP) is 2.40. The molecule has 1 aliphatic carbocycles. The van der Waals surface area contributed by atoms with Crippen molar-refractivity contribution in [2.75, 3.05) is 26.2 Å². The normalized spacial score (nSPS) is 20.5. The number of ether oxygens (including phenoxy) is 1. The van der Waals surface area contributed by atoms with E-state index < -0.39 is 12.1 Å². The molecule has 0 aromatic carbocycles. The highest BCUT2D eigenvalue weighted by Gasteiger charge is 2.43. The lowest BCUT2D eigenvalue weighted by molar-refractivity contribution is -0.192. The van der Waals surface area contributed by atoms with Crippen LogP contribution in [-0.2, 0) is 25.7 Å². The molecule has 3 heterocycles. The van der Waals surface area contributed by atoms with Gasteiger partial charge in [-0.25, -0.2) is 4.79 Å². The second-order valence-electron chi connectivity index (χ2n) is 8.35. The number of carbonyl (C=O) groups is 3. The number of aromatic nitrogens is 1. The summed E-state index contributed by atoms with van der Waals surface area (Å²) >= 11 is 0. The lowest BCUT2D eigenvalue weighted by Gasteiger charge is -2.47. The van der Waals surface area contributed by atoms with Crippen LogP contribution < -0.4 is 0 Å². The van der Waals surface area contributed by atoms with E-state index in [0.29, 0.717) is 26.2 Å². The summed E-state index contributed by atoms with van der Waals surface area (Å²) in [6.07, 6.45) is 5.95. The first-order valence-electron chi connectivity index (χ1n) is 10.6. The number of nitrogens with zero attached hydrogens (tertiary/aromatic N) is 3. The summed E-state index contributed by atoms with van der Waals surface area (Å²) in [5, 5.41) is 7.12. The van der Waals surface area contributed by atoms with E-state index in [4.69, 9.17) is 14.6 Å². The molecule has 0 saturated carbocycles. The molecular formula is C22H26F3N3O5. The molecule has 0 atom stereocenters. The summed E-state index contributed by atoms with van der Waals surface area (Å²) in [6.45, 7) is 2.71. The van der Waals surface area contributed by atoms with Crippen LogP contribution in [0.5, 0.6) is 0 Å². The van der Waals surface area contributed by atoms with Gasteiger partial charge in [-0.1, -0.05) is 18.2 Å². The third kappa shape index (κ3) is 6.53. The Morgan fingerprint density at radius 2 is 1.85 bits per heavy atom. The Bertz CT molecular complexity index is 875. The van der Waals surface area contributed by atoms with Crippen LogP contribution in [0.4, 0.5) is 13.2 Å². The second-order valence-corrected chi connectivity index (χ2v) is 8.35. The molecule has 2 amide bonds. The maximum Gasteiger partial charge on any atom is 0.490 e. The van der Waals surface area contributed by atoms with E-state index in [0.717, 1.165) is 31.2 Å². The number of piperidine rings is 1. The van der Waals surface area contributed by atoms with Crippen molar-refractivity contribution in [2.45, 2.75) is 44.0 Å². The van der Waals surface area contributed by atoms with E-state index in [1.165, 1.54) is 0 Å². The largest absolute Gasteiger partial charge is 0.490 e. The van der Waals surface area contributed by atoms with Gasteiger partial charge in [-0.3, -0.25) is 14.6 Å². The summed E-state index contributed by atoms with van der Waals surface area (Å²) in [6, 6.07) is 3.87. The van der Waals surface area contributed by atoms with Gasteiger partial charge < -0.3 is 19.6 Å². The number of pyridine rings is 1. The van der Waals surface area contributed by atoms with Gasteiger partial charge in [0.2, 0.25) is 11.8 Å². The highest BCUT2D eigenvalue weighted by molar-refractivity contribution is 5.80. The van der Waals surface area contributed by atoms with Crippen LogP contribution in [0.15, 0.2) is 36.7 Å². The summed E-state index contributed by atoms with van der Waals surface area (Å²) in [5.74, 6) is -2.34. The van der Waals surface area contributed by atoms with E-state index in [1.807, 2.05) is 21.9 Å². The molecule has 0 unspecified atom stereocenters. The average Bonchev–Trinajstić information content (AvgIpc) is 3.32. The number of morpholine rings is 1. The molecule has 2 saturated heterocycles. The van der Waals surface area contributed by atoms with Crippen molar-refractivity contribution in [2.24, 2.45) is 5.92 Å². The highest BCUT2D eigenvalue weighted by Crippen LogP contribution is 2.32. The van der Waals surface area contributed by atoms with Crippen molar-refractivity contribution < 1.29 is 37.4 Å². The first-order valence-corrected chi connectivity index (χ1v) is 10.6. The number of aliphatic carboxylic acids is 1. The summed E-state index contributed by atoms with van der Waals surface area (Å²) in [7, 11) is 0. The van der Waals surface area contributed by atoms with Crippen molar-refractivity contribution >= 4 is 17.8 Å². The van der Waals surface area contributed by atoms with Crippen LogP contribution in [-0.4, -0.2) is 75.7 Å². The first-order chi connectivity index (χ1) is 15.6. The van der Waals surface area contributed by atoms with Crippen LogP contribution in [0.25, 0.3) is 0 Å². The minimum Gasteiger partial charge on any atom is -0.475 e. The number of halogens is 3. The molecule has 1 aromatic heterocycles. The Balaban J connectivity index is 0.000000383. The minimum absolute atomic E-state index is 0.0232. The van der Waals surface area contributed by atoms with Crippen LogP contribution in [0.1, 0.15) is 31.2 Å². The molecule has 33 heavy (non-hydrogen) atoms. The lowest BCUT2D eigenvalue weighted by Crippen LogP contribution is -2.59. The maximum atomic E-state index is 12.6. The van der Waals surface area contributed by atoms with Gasteiger partial charge in [-0.05, 0) is 37.3 Å². The Morgan fingerprint density at radius 1 is 1.21 bits per heavy atom. The first kappa shape index (κ1) is 24.7. The predicted molar refractivity (Wildman–Crippen MR) is 110 cm³/mol. The lowest BCUT2D eigenvalue weighted by atomic mass is 9.88. The minimum atomic E-state index is -5.08.